The van der Waals surface area contributed by atoms with E-state index in [-0.39, 0.29) is 11.7 Å². The van der Waals surface area contributed by atoms with Crippen LogP contribution in [-0.2, 0) is 11.3 Å². The molecule has 3 aromatic rings. The molecule has 0 aliphatic heterocycles. The van der Waals surface area contributed by atoms with E-state index >= 15 is 0 Å². The summed E-state index contributed by atoms with van der Waals surface area (Å²) in [5.74, 6) is 1.94. The van der Waals surface area contributed by atoms with E-state index in [0.717, 1.165) is 24.5 Å². The third-order valence-electron chi connectivity index (χ3n) is 4.79. The highest BCUT2D eigenvalue weighted by Gasteiger charge is 2.18. The van der Waals surface area contributed by atoms with Crippen molar-refractivity contribution in [1.82, 2.24) is 14.8 Å². The maximum absolute atomic E-state index is 12.5. The molecule has 0 saturated heterocycles. The normalized spacial score (nSPS) is 11.3. The number of hydrogen-bond donors (Lipinski definition) is 1. The molecule has 0 aliphatic rings. The van der Waals surface area contributed by atoms with E-state index in [4.69, 9.17) is 4.42 Å². The van der Waals surface area contributed by atoms with Gasteiger partial charge < -0.3 is 14.6 Å². The van der Waals surface area contributed by atoms with Crippen LogP contribution in [0.3, 0.4) is 0 Å². The van der Waals surface area contributed by atoms with Crippen LogP contribution in [-0.4, -0.2) is 39.0 Å². The topological polar surface area (TPSA) is 76.2 Å². The van der Waals surface area contributed by atoms with Gasteiger partial charge in [0.1, 0.15) is 0 Å². The van der Waals surface area contributed by atoms with E-state index in [9.17, 15) is 4.79 Å². The van der Waals surface area contributed by atoms with Crippen molar-refractivity contribution < 1.29 is 9.21 Å². The van der Waals surface area contributed by atoms with Gasteiger partial charge in [-0.3, -0.25) is 9.36 Å². The fourth-order valence-electron chi connectivity index (χ4n) is 3.42. The molecule has 3 rings (SSSR count). The number of carbonyl (C=O) groups is 1. The molecule has 0 spiro atoms. The Morgan fingerprint density at radius 3 is 2.48 bits per heavy atom. The van der Waals surface area contributed by atoms with Crippen molar-refractivity contribution in [3.63, 3.8) is 0 Å². The Balaban J connectivity index is 1.63. The zero-order valence-corrected chi connectivity index (χ0v) is 19.6. The van der Waals surface area contributed by atoms with Crippen LogP contribution in [0.15, 0.2) is 52.2 Å². The van der Waals surface area contributed by atoms with Crippen LogP contribution in [0.1, 0.15) is 34.6 Å². The maximum Gasteiger partial charge on any atom is 0.234 e. The van der Waals surface area contributed by atoms with Gasteiger partial charge in [-0.15, -0.1) is 10.2 Å². The van der Waals surface area contributed by atoms with E-state index in [1.54, 1.807) is 6.26 Å². The molecule has 1 amide bonds. The first-order valence-corrected chi connectivity index (χ1v) is 11.6. The van der Waals surface area contributed by atoms with Gasteiger partial charge in [-0.2, -0.15) is 0 Å². The van der Waals surface area contributed by atoms with Crippen LogP contribution in [0.4, 0.5) is 11.4 Å². The first-order valence-electron chi connectivity index (χ1n) is 10.7. The number of benzene rings is 1. The Bertz CT molecular complexity index is 965. The highest BCUT2D eigenvalue weighted by atomic mass is 32.2. The largest absolute Gasteiger partial charge is 0.461 e. The lowest BCUT2D eigenvalue weighted by atomic mass is 10.2. The van der Waals surface area contributed by atoms with Crippen LogP contribution < -0.4 is 10.2 Å². The number of nitrogens with one attached hydrogen (secondary N) is 1. The first kappa shape index (κ1) is 22.9. The number of aromatic nitrogens is 3. The second-order valence-electron chi connectivity index (χ2n) is 8.05. The molecule has 1 aromatic carbocycles. The van der Waals surface area contributed by atoms with Crippen molar-refractivity contribution >= 4 is 29.0 Å². The van der Waals surface area contributed by atoms with Gasteiger partial charge in [-0.25, -0.2) is 0 Å². The summed E-state index contributed by atoms with van der Waals surface area (Å²) in [6.45, 7) is 12.4. The number of rotatable bonds is 10. The Labute approximate surface area is 188 Å². The molecule has 1 N–H and O–H groups in total. The minimum atomic E-state index is -0.0763. The van der Waals surface area contributed by atoms with Crippen molar-refractivity contribution in [2.24, 2.45) is 5.92 Å². The van der Waals surface area contributed by atoms with E-state index in [1.807, 2.05) is 41.0 Å². The number of thioether (sulfide) groups is 1. The number of furan rings is 1. The number of anilines is 2. The van der Waals surface area contributed by atoms with E-state index in [2.05, 4.69) is 55.0 Å². The summed E-state index contributed by atoms with van der Waals surface area (Å²) in [5.41, 5.74) is 1.94. The summed E-state index contributed by atoms with van der Waals surface area (Å²) < 4.78 is 7.51. The predicted octanol–water partition coefficient (Wildman–Crippen LogP) is 5.16. The van der Waals surface area contributed by atoms with Gasteiger partial charge in [0.25, 0.3) is 0 Å². The SMILES string of the molecule is CCN(c1ccc(NC(=O)CSc2nnc(-c3ccco3)n2CC(C)C)cc1)C(C)C. The molecule has 2 heterocycles. The Kier molecular flexibility index (Phi) is 7.79. The molecule has 0 aliphatic carbocycles. The van der Waals surface area contributed by atoms with Crippen molar-refractivity contribution in [3.8, 4) is 11.6 Å². The van der Waals surface area contributed by atoms with Gasteiger partial charge >= 0.3 is 0 Å². The van der Waals surface area contributed by atoms with Crippen LogP contribution in [0, 0.1) is 5.92 Å². The molecular formula is C23H31N5O2S. The molecule has 0 atom stereocenters. The van der Waals surface area contributed by atoms with Crippen LogP contribution in [0.25, 0.3) is 11.6 Å². The summed E-state index contributed by atoms with van der Waals surface area (Å²) >= 11 is 1.38. The van der Waals surface area contributed by atoms with Crippen molar-refractivity contribution in [3.05, 3.63) is 42.7 Å². The smallest absolute Gasteiger partial charge is 0.234 e. The molecule has 0 bridgehead atoms. The van der Waals surface area contributed by atoms with Crippen LogP contribution in [0.5, 0.6) is 0 Å². The van der Waals surface area contributed by atoms with E-state index < -0.39 is 0 Å². The second kappa shape index (κ2) is 10.5. The van der Waals surface area contributed by atoms with Crippen molar-refractivity contribution in [1.29, 1.82) is 0 Å². The minimum Gasteiger partial charge on any atom is -0.461 e. The molecule has 8 heteroatoms. The minimum absolute atomic E-state index is 0.0763. The van der Waals surface area contributed by atoms with E-state index in [1.165, 1.54) is 11.8 Å². The van der Waals surface area contributed by atoms with Gasteiger partial charge in [0.15, 0.2) is 16.7 Å². The standard InChI is InChI=1S/C23H31N5O2S/c1-6-27(17(4)5)19-11-9-18(10-12-19)24-21(29)15-31-23-26-25-22(20-8-7-13-30-20)28(23)14-16(2)3/h7-13,16-17H,6,14-15H2,1-5H3,(H,24,29). The Morgan fingerprint density at radius 1 is 1.16 bits per heavy atom. The number of hydrogen-bond acceptors (Lipinski definition) is 6. The van der Waals surface area contributed by atoms with Gasteiger partial charge in [0.05, 0.1) is 12.0 Å². The molecular weight excluding hydrogens is 410 g/mol. The summed E-state index contributed by atoms with van der Waals surface area (Å²) in [4.78, 5) is 14.8. The highest BCUT2D eigenvalue weighted by Crippen LogP contribution is 2.26. The third kappa shape index (κ3) is 5.91. The summed E-state index contributed by atoms with van der Waals surface area (Å²) in [6.07, 6.45) is 1.62. The maximum atomic E-state index is 12.5. The molecule has 166 valence electrons. The quantitative estimate of drug-likeness (QED) is 0.438. The average Bonchev–Trinajstić information content (AvgIpc) is 3.37. The van der Waals surface area contributed by atoms with Gasteiger partial charge in [-0.05, 0) is 63.1 Å². The van der Waals surface area contributed by atoms with Crippen LogP contribution in [0.2, 0.25) is 0 Å². The summed E-state index contributed by atoms with van der Waals surface area (Å²) in [7, 11) is 0. The van der Waals surface area contributed by atoms with Gasteiger partial charge in [-0.1, -0.05) is 25.6 Å². The number of carbonyl (C=O) groups excluding carboxylic acids is 1. The summed E-state index contributed by atoms with van der Waals surface area (Å²) in [6, 6.07) is 12.1. The predicted molar refractivity (Wildman–Crippen MR) is 127 cm³/mol. The van der Waals surface area contributed by atoms with Crippen molar-refractivity contribution in [2.75, 3.05) is 22.5 Å². The zero-order chi connectivity index (χ0) is 22.4. The lowest BCUT2D eigenvalue weighted by Gasteiger charge is -2.27. The molecule has 7 nitrogen and oxygen atoms in total. The molecule has 0 fully saturated rings. The van der Waals surface area contributed by atoms with Crippen molar-refractivity contribution in [2.45, 2.75) is 52.4 Å². The fraction of sp³-hybridized carbons (Fsp3) is 0.435. The Hall–Kier alpha value is -2.74. The van der Waals surface area contributed by atoms with Gasteiger partial charge in [0.2, 0.25) is 5.91 Å². The van der Waals surface area contributed by atoms with Gasteiger partial charge in [0, 0.05) is 30.5 Å². The molecule has 31 heavy (non-hydrogen) atoms. The fourth-order valence-corrected chi connectivity index (χ4v) is 4.17. The molecule has 0 unspecified atom stereocenters. The molecule has 0 radical (unpaired) electrons. The number of nitrogens with zero attached hydrogens (tertiary/aromatic N) is 4. The lowest BCUT2D eigenvalue weighted by Crippen LogP contribution is -2.30. The first-order chi connectivity index (χ1) is 14.9. The monoisotopic (exact) mass is 441 g/mol. The third-order valence-corrected chi connectivity index (χ3v) is 5.75. The van der Waals surface area contributed by atoms with Crippen LogP contribution >= 0.6 is 11.8 Å². The average molecular weight is 442 g/mol. The molecule has 2 aromatic heterocycles. The highest BCUT2D eigenvalue weighted by molar-refractivity contribution is 7.99. The zero-order valence-electron chi connectivity index (χ0n) is 18.8. The second-order valence-corrected chi connectivity index (χ2v) is 8.99. The summed E-state index contributed by atoms with van der Waals surface area (Å²) in [5, 5.41) is 12.3. The van der Waals surface area contributed by atoms with E-state index in [0.29, 0.717) is 28.7 Å². The molecule has 0 saturated carbocycles. The number of amides is 1. The lowest BCUT2D eigenvalue weighted by molar-refractivity contribution is -0.113. The Morgan fingerprint density at radius 2 is 1.90 bits per heavy atom.